The molecule has 0 atom stereocenters. The molecule has 1 aromatic rings. The Bertz CT molecular complexity index is 395. The summed E-state index contributed by atoms with van der Waals surface area (Å²) in [6.45, 7) is 5.62. The number of hydrogen-bond donors (Lipinski definition) is 1. The van der Waals surface area contributed by atoms with Gasteiger partial charge in [-0.15, -0.1) is 0 Å². The number of nitrogen functional groups attached to an aromatic ring is 1. The second kappa shape index (κ2) is 3.96. The third-order valence-corrected chi connectivity index (χ3v) is 4.59. The van der Waals surface area contributed by atoms with Gasteiger partial charge in [0.1, 0.15) is 5.82 Å². The highest BCUT2D eigenvalue weighted by Gasteiger charge is 2.31. The van der Waals surface area contributed by atoms with E-state index in [0.29, 0.717) is 6.04 Å². The lowest BCUT2D eigenvalue weighted by molar-refractivity contribution is 0.104. The zero-order valence-corrected chi connectivity index (χ0v) is 10.5. The van der Waals surface area contributed by atoms with Crippen LogP contribution < -0.4 is 5.73 Å². The molecule has 5 heteroatoms. The summed E-state index contributed by atoms with van der Waals surface area (Å²) >= 11 is 1.99. The van der Waals surface area contributed by atoms with Gasteiger partial charge in [-0.05, 0) is 18.7 Å². The van der Waals surface area contributed by atoms with Gasteiger partial charge in [-0.3, -0.25) is 9.58 Å². The standard InChI is InChI=1S/C11H18N4S/c1-2-14-5-8(6-14)15-10-7-16-4-3-9(10)11(12)13-15/h8H,2-7H2,1H3,(H2,12,13). The minimum Gasteiger partial charge on any atom is -0.382 e. The predicted molar refractivity (Wildman–Crippen MR) is 67.7 cm³/mol. The lowest BCUT2D eigenvalue weighted by atomic mass is 10.1. The third-order valence-electron chi connectivity index (χ3n) is 3.62. The van der Waals surface area contributed by atoms with Crippen LogP contribution in [0.2, 0.25) is 0 Å². The van der Waals surface area contributed by atoms with Gasteiger partial charge in [0.25, 0.3) is 0 Å². The molecule has 0 unspecified atom stereocenters. The maximum atomic E-state index is 5.99. The second-order valence-electron chi connectivity index (χ2n) is 4.56. The van der Waals surface area contributed by atoms with Gasteiger partial charge in [-0.1, -0.05) is 6.92 Å². The van der Waals surface area contributed by atoms with Crippen LogP contribution in [0.25, 0.3) is 0 Å². The summed E-state index contributed by atoms with van der Waals surface area (Å²) in [6, 6.07) is 0.560. The Morgan fingerprint density at radius 2 is 2.31 bits per heavy atom. The fourth-order valence-corrected chi connectivity index (χ4v) is 3.54. The molecular weight excluding hydrogens is 220 g/mol. The molecule has 1 saturated heterocycles. The summed E-state index contributed by atoms with van der Waals surface area (Å²) in [7, 11) is 0. The van der Waals surface area contributed by atoms with Crippen LogP contribution in [0.1, 0.15) is 24.2 Å². The molecule has 88 valence electrons. The van der Waals surface area contributed by atoms with Gasteiger partial charge in [0, 0.05) is 24.4 Å². The normalized spacial score (nSPS) is 21.8. The molecule has 4 nitrogen and oxygen atoms in total. The molecule has 0 aromatic carbocycles. The SMILES string of the molecule is CCN1CC(n2nc(N)c3c2CSCC3)C1. The second-order valence-corrected chi connectivity index (χ2v) is 5.67. The fourth-order valence-electron chi connectivity index (χ4n) is 2.55. The molecule has 0 bridgehead atoms. The molecule has 0 amide bonds. The minimum absolute atomic E-state index is 0.560. The van der Waals surface area contributed by atoms with Crippen LogP contribution in [0.15, 0.2) is 0 Å². The van der Waals surface area contributed by atoms with E-state index < -0.39 is 0 Å². The summed E-state index contributed by atoms with van der Waals surface area (Å²) in [5.41, 5.74) is 8.69. The topological polar surface area (TPSA) is 47.1 Å². The van der Waals surface area contributed by atoms with Crippen LogP contribution in [0.5, 0.6) is 0 Å². The molecule has 3 heterocycles. The van der Waals surface area contributed by atoms with Crippen molar-refractivity contribution in [1.82, 2.24) is 14.7 Å². The first kappa shape index (κ1) is 10.5. The van der Waals surface area contributed by atoms with Gasteiger partial charge in [-0.25, -0.2) is 0 Å². The third kappa shape index (κ3) is 1.53. The van der Waals surface area contributed by atoms with Gasteiger partial charge in [0.15, 0.2) is 0 Å². The summed E-state index contributed by atoms with van der Waals surface area (Å²) in [6.07, 6.45) is 1.09. The van der Waals surface area contributed by atoms with Gasteiger partial charge in [-0.2, -0.15) is 16.9 Å². The molecule has 2 N–H and O–H groups in total. The van der Waals surface area contributed by atoms with Crippen molar-refractivity contribution in [2.75, 3.05) is 31.1 Å². The van der Waals surface area contributed by atoms with E-state index in [4.69, 9.17) is 5.73 Å². The number of hydrogen-bond acceptors (Lipinski definition) is 4. The van der Waals surface area contributed by atoms with E-state index in [0.717, 1.165) is 37.6 Å². The van der Waals surface area contributed by atoms with E-state index in [2.05, 4.69) is 21.6 Å². The Morgan fingerprint density at radius 1 is 1.50 bits per heavy atom. The first-order valence-corrected chi connectivity index (χ1v) is 7.11. The van der Waals surface area contributed by atoms with Crippen molar-refractivity contribution in [3.63, 3.8) is 0 Å². The highest BCUT2D eigenvalue weighted by molar-refractivity contribution is 7.98. The lowest BCUT2D eigenvalue weighted by Gasteiger charge is -2.39. The molecule has 0 saturated carbocycles. The molecule has 0 aliphatic carbocycles. The number of rotatable bonds is 2. The number of nitrogens with two attached hydrogens (primary N) is 1. The van der Waals surface area contributed by atoms with Gasteiger partial charge in [0.2, 0.25) is 0 Å². The van der Waals surface area contributed by atoms with Crippen LogP contribution in [-0.2, 0) is 12.2 Å². The van der Waals surface area contributed by atoms with Crippen LogP contribution in [-0.4, -0.2) is 40.1 Å². The van der Waals surface area contributed by atoms with Crippen molar-refractivity contribution >= 4 is 17.6 Å². The Kier molecular flexibility index (Phi) is 2.59. The Balaban J connectivity index is 1.85. The van der Waals surface area contributed by atoms with E-state index in [1.54, 1.807) is 0 Å². The molecular formula is C11H18N4S. The first-order chi connectivity index (χ1) is 7.79. The summed E-state index contributed by atoms with van der Waals surface area (Å²) in [4.78, 5) is 2.44. The first-order valence-electron chi connectivity index (χ1n) is 5.95. The van der Waals surface area contributed by atoms with Crippen molar-refractivity contribution in [3.8, 4) is 0 Å². The summed E-state index contributed by atoms with van der Waals surface area (Å²) < 4.78 is 2.20. The van der Waals surface area contributed by atoms with Gasteiger partial charge in [0.05, 0.1) is 11.7 Å². The average Bonchev–Trinajstić information content (AvgIpc) is 2.56. The summed E-state index contributed by atoms with van der Waals surface area (Å²) in [5, 5.41) is 4.54. The van der Waals surface area contributed by atoms with Crippen molar-refractivity contribution in [2.24, 2.45) is 0 Å². The van der Waals surface area contributed by atoms with Crippen LogP contribution in [0, 0.1) is 0 Å². The zero-order valence-electron chi connectivity index (χ0n) is 9.65. The number of nitrogens with zero attached hydrogens (tertiary/aromatic N) is 3. The van der Waals surface area contributed by atoms with E-state index in [9.17, 15) is 0 Å². The quantitative estimate of drug-likeness (QED) is 0.839. The largest absolute Gasteiger partial charge is 0.382 e. The Morgan fingerprint density at radius 3 is 3.06 bits per heavy atom. The maximum Gasteiger partial charge on any atom is 0.148 e. The Hall–Kier alpha value is -0.680. The van der Waals surface area contributed by atoms with Gasteiger partial charge >= 0.3 is 0 Å². The number of likely N-dealkylation sites (tertiary alicyclic amines) is 1. The molecule has 2 aliphatic rings. The van der Waals surface area contributed by atoms with E-state index >= 15 is 0 Å². The van der Waals surface area contributed by atoms with E-state index in [1.165, 1.54) is 17.0 Å². The fraction of sp³-hybridized carbons (Fsp3) is 0.727. The number of thioether (sulfide) groups is 1. The number of fused-ring (bicyclic) bond motifs is 1. The number of anilines is 1. The van der Waals surface area contributed by atoms with E-state index in [-0.39, 0.29) is 0 Å². The number of likely N-dealkylation sites (N-methyl/N-ethyl adjacent to an activating group) is 1. The van der Waals surface area contributed by atoms with Crippen molar-refractivity contribution in [3.05, 3.63) is 11.3 Å². The minimum atomic E-state index is 0.560. The molecule has 16 heavy (non-hydrogen) atoms. The smallest absolute Gasteiger partial charge is 0.148 e. The van der Waals surface area contributed by atoms with Crippen molar-refractivity contribution in [2.45, 2.75) is 25.1 Å². The number of aromatic nitrogens is 2. The van der Waals surface area contributed by atoms with Crippen LogP contribution in [0.3, 0.4) is 0 Å². The predicted octanol–water partition coefficient (Wildman–Crippen LogP) is 1.13. The molecule has 3 rings (SSSR count). The maximum absolute atomic E-state index is 5.99. The van der Waals surface area contributed by atoms with Crippen molar-refractivity contribution < 1.29 is 0 Å². The molecule has 1 aromatic heterocycles. The average molecular weight is 238 g/mol. The molecule has 0 radical (unpaired) electrons. The van der Waals surface area contributed by atoms with Crippen molar-refractivity contribution in [1.29, 1.82) is 0 Å². The van der Waals surface area contributed by atoms with Gasteiger partial charge < -0.3 is 5.73 Å². The molecule has 1 fully saturated rings. The molecule has 0 spiro atoms. The van der Waals surface area contributed by atoms with E-state index in [1.807, 2.05) is 11.8 Å². The lowest BCUT2D eigenvalue weighted by Crippen LogP contribution is -2.48. The molecule has 2 aliphatic heterocycles. The zero-order chi connectivity index (χ0) is 11.1. The summed E-state index contributed by atoms with van der Waals surface area (Å²) in [5.74, 6) is 3.04. The highest BCUT2D eigenvalue weighted by atomic mass is 32.2. The Labute approximate surface area is 100 Å². The monoisotopic (exact) mass is 238 g/mol. The van der Waals surface area contributed by atoms with Crippen LogP contribution in [0.4, 0.5) is 5.82 Å². The van der Waals surface area contributed by atoms with Crippen LogP contribution >= 0.6 is 11.8 Å². The highest BCUT2D eigenvalue weighted by Crippen LogP contribution is 2.32.